The predicted octanol–water partition coefficient (Wildman–Crippen LogP) is 5.20. The van der Waals surface area contributed by atoms with E-state index >= 15 is 0 Å². The Morgan fingerprint density at radius 2 is 1.84 bits per heavy atom. The molecule has 1 aromatic heterocycles. The van der Waals surface area contributed by atoms with Crippen LogP contribution in [0.5, 0.6) is 0 Å². The molecular formula is C21H22FN3. The van der Waals surface area contributed by atoms with Crippen molar-refractivity contribution in [2.24, 2.45) is 0 Å². The van der Waals surface area contributed by atoms with Crippen molar-refractivity contribution in [1.29, 1.82) is 0 Å². The molecule has 0 aliphatic carbocycles. The molecule has 1 saturated heterocycles. The normalized spacial score (nSPS) is 17.8. The van der Waals surface area contributed by atoms with E-state index in [1.807, 2.05) is 24.3 Å². The Labute approximate surface area is 147 Å². The minimum Gasteiger partial charge on any atom is -0.353 e. The van der Waals surface area contributed by atoms with Gasteiger partial charge in [-0.05, 0) is 49.9 Å². The molecule has 2 heterocycles. The lowest BCUT2D eigenvalue weighted by atomic mass is 9.99. The van der Waals surface area contributed by atoms with Gasteiger partial charge in [-0.1, -0.05) is 31.2 Å². The number of anilines is 1. The van der Waals surface area contributed by atoms with E-state index in [-0.39, 0.29) is 5.82 Å². The monoisotopic (exact) mass is 335 g/mol. The number of benzene rings is 2. The number of hydrogen-bond donors (Lipinski definition) is 0. The largest absolute Gasteiger partial charge is 0.353 e. The van der Waals surface area contributed by atoms with Crippen molar-refractivity contribution < 1.29 is 4.39 Å². The van der Waals surface area contributed by atoms with Gasteiger partial charge >= 0.3 is 0 Å². The quantitative estimate of drug-likeness (QED) is 0.658. The predicted molar refractivity (Wildman–Crippen MR) is 100 cm³/mol. The molecule has 128 valence electrons. The van der Waals surface area contributed by atoms with Crippen molar-refractivity contribution >= 4 is 16.7 Å². The highest BCUT2D eigenvalue weighted by atomic mass is 19.1. The van der Waals surface area contributed by atoms with Gasteiger partial charge in [-0.2, -0.15) is 0 Å². The molecule has 4 rings (SSSR count). The zero-order valence-corrected chi connectivity index (χ0v) is 14.5. The van der Waals surface area contributed by atoms with Crippen molar-refractivity contribution in [3.05, 3.63) is 54.3 Å². The van der Waals surface area contributed by atoms with Gasteiger partial charge in [0.25, 0.3) is 0 Å². The minimum atomic E-state index is -0.283. The molecule has 4 heteroatoms. The highest BCUT2D eigenvalue weighted by Crippen LogP contribution is 2.33. The molecule has 1 fully saturated rings. The fourth-order valence-electron chi connectivity index (χ4n) is 3.75. The number of rotatable bonds is 3. The average Bonchev–Trinajstić information content (AvgIpc) is 2.67. The SMILES string of the molecule is CCC1CCCCN1c1nc(-c2ccccc2F)nc2ccccc12. The maximum absolute atomic E-state index is 14.3. The molecule has 3 aromatic rings. The first-order valence-corrected chi connectivity index (χ1v) is 9.06. The van der Waals surface area contributed by atoms with Gasteiger partial charge in [0, 0.05) is 18.0 Å². The Hall–Kier alpha value is -2.49. The summed E-state index contributed by atoms with van der Waals surface area (Å²) < 4.78 is 14.3. The molecule has 2 aromatic carbocycles. The molecule has 25 heavy (non-hydrogen) atoms. The van der Waals surface area contributed by atoms with Crippen molar-refractivity contribution in [1.82, 2.24) is 9.97 Å². The maximum Gasteiger partial charge on any atom is 0.165 e. The smallest absolute Gasteiger partial charge is 0.165 e. The van der Waals surface area contributed by atoms with E-state index in [1.54, 1.807) is 12.1 Å². The lowest BCUT2D eigenvalue weighted by Gasteiger charge is -2.37. The number of nitrogens with zero attached hydrogens (tertiary/aromatic N) is 3. The Bertz CT molecular complexity index is 893. The Balaban J connectivity index is 1.92. The molecule has 0 spiro atoms. The van der Waals surface area contributed by atoms with Crippen LogP contribution in [0.3, 0.4) is 0 Å². The Kier molecular flexibility index (Phi) is 4.35. The topological polar surface area (TPSA) is 29.0 Å². The van der Waals surface area contributed by atoms with Gasteiger partial charge in [0.1, 0.15) is 11.6 Å². The second-order valence-corrected chi connectivity index (χ2v) is 6.62. The molecule has 1 aliphatic heterocycles. The summed E-state index contributed by atoms with van der Waals surface area (Å²) in [6.45, 7) is 3.22. The third-order valence-electron chi connectivity index (χ3n) is 5.07. The summed E-state index contributed by atoms with van der Waals surface area (Å²) in [5, 5.41) is 1.04. The fraction of sp³-hybridized carbons (Fsp3) is 0.333. The van der Waals surface area contributed by atoms with E-state index in [0.717, 1.165) is 29.7 Å². The molecule has 3 nitrogen and oxygen atoms in total. The van der Waals surface area contributed by atoms with Crippen LogP contribution in [0.2, 0.25) is 0 Å². The molecular weight excluding hydrogens is 313 g/mol. The van der Waals surface area contributed by atoms with Crippen LogP contribution in [0.15, 0.2) is 48.5 Å². The number of para-hydroxylation sites is 1. The molecule has 0 bridgehead atoms. The molecule has 0 N–H and O–H groups in total. The summed E-state index contributed by atoms with van der Waals surface area (Å²) in [7, 11) is 0. The molecule has 0 saturated carbocycles. The van der Waals surface area contributed by atoms with E-state index in [2.05, 4.69) is 22.9 Å². The van der Waals surface area contributed by atoms with Crippen LogP contribution in [0, 0.1) is 5.82 Å². The van der Waals surface area contributed by atoms with E-state index < -0.39 is 0 Å². The van der Waals surface area contributed by atoms with Crippen molar-refractivity contribution in [3.63, 3.8) is 0 Å². The molecule has 1 unspecified atom stereocenters. The van der Waals surface area contributed by atoms with E-state index in [1.165, 1.54) is 25.3 Å². The number of hydrogen-bond acceptors (Lipinski definition) is 3. The van der Waals surface area contributed by atoms with Crippen molar-refractivity contribution in [3.8, 4) is 11.4 Å². The van der Waals surface area contributed by atoms with Crippen LogP contribution in [0.1, 0.15) is 32.6 Å². The van der Waals surface area contributed by atoms with Crippen LogP contribution in [-0.4, -0.2) is 22.6 Å². The lowest BCUT2D eigenvalue weighted by Crippen LogP contribution is -2.39. The number of piperidine rings is 1. The van der Waals surface area contributed by atoms with Gasteiger partial charge in [-0.25, -0.2) is 14.4 Å². The highest BCUT2D eigenvalue weighted by Gasteiger charge is 2.25. The minimum absolute atomic E-state index is 0.283. The summed E-state index contributed by atoms with van der Waals surface area (Å²) >= 11 is 0. The van der Waals surface area contributed by atoms with Gasteiger partial charge in [0.05, 0.1) is 11.1 Å². The second-order valence-electron chi connectivity index (χ2n) is 6.62. The maximum atomic E-state index is 14.3. The highest BCUT2D eigenvalue weighted by molar-refractivity contribution is 5.91. The Morgan fingerprint density at radius 1 is 1.04 bits per heavy atom. The first-order chi connectivity index (χ1) is 12.3. The third kappa shape index (κ3) is 2.97. The lowest BCUT2D eigenvalue weighted by molar-refractivity contribution is 0.448. The van der Waals surface area contributed by atoms with Crippen LogP contribution in [-0.2, 0) is 0 Å². The first kappa shape index (κ1) is 16.0. The first-order valence-electron chi connectivity index (χ1n) is 9.06. The van der Waals surface area contributed by atoms with Crippen LogP contribution in [0.25, 0.3) is 22.3 Å². The summed E-state index contributed by atoms with van der Waals surface area (Å²) in [5.74, 6) is 1.12. The molecule has 0 radical (unpaired) electrons. The summed E-state index contributed by atoms with van der Waals surface area (Å²) in [4.78, 5) is 11.9. The van der Waals surface area contributed by atoms with Gasteiger partial charge < -0.3 is 4.90 Å². The van der Waals surface area contributed by atoms with Gasteiger partial charge in [-0.15, -0.1) is 0 Å². The van der Waals surface area contributed by atoms with Gasteiger partial charge in [-0.3, -0.25) is 0 Å². The Morgan fingerprint density at radius 3 is 2.68 bits per heavy atom. The fourth-order valence-corrected chi connectivity index (χ4v) is 3.75. The molecule has 1 atom stereocenters. The average molecular weight is 335 g/mol. The van der Waals surface area contributed by atoms with E-state index in [4.69, 9.17) is 4.98 Å². The van der Waals surface area contributed by atoms with Crippen LogP contribution < -0.4 is 4.90 Å². The molecule has 1 aliphatic rings. The third-order valence-corrected chi connectivity index (χ3v) is 5.07. The zero-order valence-electron chi connectivity index (χ0n) is 14.5. The van der Waals surface area contributed by atoms with E-state index in [9.17, 15) is 4.39 Å². The van der Waals surface area contributed by atoms with E-state index in [0.29, 0.717) is 17.4 Å². The standard InChI is InChI=1S/C21H22FN3/c1-2-15-9-7-8-14-25(15)21-17-11-4-6-13-19(17)23-20(24-21)16-10-3-5-12-18(16)22/h3-6,10-13,15H,2,7-9,14H2,1H3. The molecule has 0 amide bonds. The summed E-state index contributed by atoms with van der Waals surface area (Å²) in [6, 6.07) is 15.2. The van der Waals surface area contributed by atoms with Crippen molar-refractivity contribution in [2.75, 3.05) is 11.4 Å². The second kappa shape index (κ2) is 6.79. The van der Waals surface area contributed by atoms with Crippen LogP contribution >= 0.6 is 0 Å². The van der Waals surface area contributed by atoms with Gasteiger partial charge in [0.15, 0.2) is 5.82 Å². The van der Waals surface area contributed by atoms with Crippen molar-refractivity contribution in [2.45, 2.75) is 38.6 Å². The summed E-state index contributed by atoms with van der Waals surface area (Å²) in [6.07, 6.45) is 4.71. The number of aromatic nitrogens is 2. The van der Waals surface area contributed by atoms with Crippen LogP contribution in [0.4, 0.5) is 10.2 Å². The number of halogens is 1. The number of fused-ring (bicyclic) bond motifs is 1. The summed E-state index contributed by atoms with van der Waals surface area (Å²) in [5.41, 5.74) is 1.32. The zero-order chi connectivity index (χ0) is 17.2. The van der Waals surface area contributed by atoms with Gasteiger partial charge in [0.2, 0.25) is 0 Å².